The van der Waals surface area contributed by atoms with Crippen LogP contribution in [0.25, 0.3) is 22.5 Å². The maximum atomic E-state index is 13.9. The van der Waals surface area contributed by atoms with E-state index in [1.165, 1.54) is 0 Å². The summed E-state index contributed by atoms with van der Waals surface area (Å²) in [5.74, 6) is 1.68. The summed E-state index contributed by atoms with van der Waals surface area (Å²) in [4.78, 5) is 23.1. The number of ether oxygens (including phenoxy) is 2. The van der Waals surface area contributed by atoms with Crippen LogP contribution in [0.3, 0.4) is 0 Å². The molecule has 0 N–H and O–H groups in total. The van der Waals surface area contributed by atoms with Gasteiger partial charge in [-0.25, -0.2) is 4.98 Å². The van der Waals surface area contributed by atoms with E-state index in [9.17, 15) is 10.1 Å². The molecule has 10 heteroatoms. The molecule has 2 aromatic carbocycles. The van der Waals surface area contributed by atoms with E-state index < -0.39 is 0 Å². The van der Waals surface area contributed by atoms with Gasteiger partial charge in [0.15, 0.2) is 5.82 Å². The molecule has 0 bridgehead atoms. The zero-order valence-corrected chi connectivity index (χ0v) is 24.0. The van der Waals surface area contributed by atoms with Crippen molar-refractivity contribution >= 4 is 11.7 Å². The van der Waals surface area contributed by atoms with E-state index in [1.807, 2.05) is 35.9 Å². The maximum Gasteiger partial charge on any atom is 0.260 e. The number of rotatable bonds is 6. The van der Waals surface area contributed by atoms with Gasteiger partial charge in [0, 0.05) is 49.4 Å². The Morgan fingerprint density at radius 1 is 1.07 bits per heavy atom. The lowest BCUT2D eigenvalue weighted by Gasteiger charge is -2.47. The number of aryl methyl sites for hydroxylation is 1. The van der Waals surface area contributed by atoms with Gasteiger partial charge in [-0.15, -0.1) is 10.2 Å². The van der Waals surface area contributed by atoms with Crippen molar-refractivity contribution in [3.05, 3.63) is 82.8 Å². The van der Waals surface area contributed by atoms with Crippen molar-refractivity contribution in [1.82, 2.24) is 24.6 Å². The normalized spacial score (nSPS) is 19.3. The summed E-state index contributed by atoms with van der Waals surface area (Å²) in [6.07, 6.45) is 3.83. The number of carbonyl (C=O) groups is 1. The summed E-state index contributed by atoms with van der Waals surface area (Å²) < 4.78 is 13.3. The van der Waals surface area contributed by atoms with Gasteiger partial charge in [0.05, 0.1) is 38.0 Å². The first kappa shape index (κ1) is 26.2. The standard InChI is InChI=1S/C33H31N7O3/c1-38-20-35-37-31(38)28-10-21(14-34)3-7-26(28)25-12-29(23-5-6-23)36-30(13-25)40-16-24-4-2-22(11-27(24)32(40)41)15-39-8-9-43-33(17-39)18-42-19-33/h2-4,7,10-13,20,23H,5-6,8-9,15-19H2,1H3. The Morgan fingerprint density at radius 3 is 2.70 bits per heavy atom. The molecule has 4 aliphatic rings. The van der Waals surface area contributed by atoms with Crippen LogP contribution in [-0.2, 0) is 29.6 Å². The topological polar surface area (TPSA) is 109 Å². The Balaban J connectivity index is 1.12. The van der Waals surface area contributed by atoms with E-state index in [2.05, 4.69) is 45.4 Å². The van der Waals surface area contributed by atoms with Crippen LogP contribution in [0.5, 0.6) is 0 Å². The number of pyridine rings is 1. The largest absolute Gasteiger partial charge is 0.375 e. The molecule has 3 fully saturated rings. The number of morpholine rings is 1. The van der Waals surface area contributed by atoms with E-state index in [0.29, 0.717) is 49.5 Å². The minimum absolute atomic E-state index is 0.0255. The molecule has 2 aromatic heterocycles. The van der Waals surface area contributed by atoms with Crippen LogP contribution in [0, 0.1) is 11.3 Å². The number of aromatic nitrogens is 4. The number of nitrogens with zero attached hydrogens (tertiary/aromatic N) is 7. The van der Waals surface area contributed by atoms with Gasteiger partial charge in [-0.3, -0.25) is 14.6 Å². The summed E-state index contributed by atoms with van der Waals surface area (Å²) >= 11 is 0. The number of fused-ring (bicyclic) bond motifs is 1. The van der Waals surface area contributed by atoms with E-state index >= 15 is 0 Å². The number of nitriles is 1. The monoisotopic (exact) mass is 573 g/mol. The van der Waals surface area contributed by atoms with Crippen LogP contribution in [0.2, 0.25) is 0 Å². The average molecular weight is 574 g/mol. The third kappa shape index (κ3) is 4.70. The fourth-order valence-electron chi connectivity index (χ4n) is 6.45. The summed E-state index contributed by atoms with van der Waals surface area (Å²) in [5.41, 5.74) is 6.93. The molecule has 3 aliphatic heterocycles. The Hall–Kier alpha value is -4.43. The van der Waals surface area contributed by atoms with Crippen molar-refractivity contribution in [2.45, 2.75) is 37.5 Å². The van der Waals surface area contributed by atoms with E-state index in [0.717, 1.165) is 71.6 Å². The molecule has 1 aliphatic carbocycles. The number of benzene rings is 2. The summed E-state index contributed by atoms with van der Waals surface area (Å²) in [6, 6.07) is 18.3. The number of anilines is 1. The first-order chi connectivity index (χ1) is 21.0. The van der Waals surface area contributed by atoms with Gasteiger partial charge in [0.2, 0.25) is 0 Å². The molecule has 2 saturated heterocycles. The van der Waals surface area contributed by atoms with Gasteiger partial charge in [0.25, 0.3) is 5.91 Å². The lowest BCUT2D eigenvalue weighted by Crippen LogP contribution is -2.62. The van der Waals surface area contributed by atoms with Crippen LogP contribution < -0.4 is 4.90 Å². The number of hydrogen-bond donors (Lipinski definition) is 0. The zero-order valence-electron chi connectivity index (χ0n) is 24.0. The Kier molecular flexibility index (Phi) is 6.15. The average Bonchev–Trinajstić information content (AvgIpc) is 3.70. The third-order valence-electron chi connectivity index (χ3n) is 8.96. The van der Waals surface area contributed by atoms with Crippen molar-refractivity contribution in [2.75, 3.05) is 37.8 Å². The van der Waals surface area contributed by atoms with Crippen LogP contribution in [0.1, 0.15) is 51.5 Å². The maximum absolute atomic E-state index is 13.9. The summed E-state index contributed by atoms with van der Waals surface area (Å²) in [5, 5.41) is 18.0. The molecule has 0 atom stereocenters. The second-order valence-electron chi connectivity index (χ2n) is 12.2. The van der Waals surface area contributed by atoms with E-state index in [1.54, 1.807) is 11.2 Å². The third-order valence-corrected chi connectivity index (χ3v) is 8.96. The predicted molar refractivity (Wildman–Crippen MR) is 158 cm³/mol. The highest BCUT2D eigenvalue weighted by Gasteiger charge is 2.43. The van der Waals surface area contributed by atoms with Crippen LogP contribution in [0.4, 0.5) is 5.82 Å². The van der Waals surface area contributed by atoms with Gasteiger partial charge < -0.3 is 14.0 Å². The Bertz CT molecular complexity index is 1800. The molecule has 1 spiro atoms. The molecule has 8 rings (SSSR count). The smallest absolute Gasteiger partial charge is 0.260 e. The number of hydrogen-bond acceptors (Lipinski definition) is 8. The molecule has 0 unspecified atom stereocenters. The highest BCUT2D eigenvalue weighted by atomic mass is 16.6. The fourth-order valence-corrected chi connectivity index (χ4v) is 6.45. The van der Waals surface area contributed by atoms with E-state index in [4.69, 9.17) is 14.5 Å². The van der Waals surface area contributed by atoms with Crippen molar-refractivity contribution in [3.63, 3.8) is 0 Å². The fraction of sp³-hybridized carbons (Fsp3) is 0.364. The highest BCUT2D eigenvalue weighted by Crippen LogP contribution is 2.43. The lowest BCUT2D eigenvalue weighted by molar-refractivity contribution is -0.238. The second-order valence-corrected chi connectivity index (χ2v) is 12.2. The second kappa shape index (κ2) is 10.1. The summed E-state index contributed by atoms with van der Waals surface area (Å²) in [6.45, 7) is 4.97. The quantitative estimate of drug-likeness (QED) is 0.340. The number of carbonyl (C=O) groups excluding carboxylic acids is 1. The molecule has 0 radical (unpaired) electrons. The molecule has 1 saturated carbocycles. The minimum Gasteiger partial charge on any atom is -0.375 e. The Morgan fingerprint density at radius 2 is 1.95 bits per heavy atom. The SMILES string of the molecule is Cn1cnnc1-c1cc(C#N)ccc1-c1cc(C2CC2)nc(N2Cc3ccc(CN4CCOC5(COC5)C4)cc3C2=O)c1. The molecular weight excluding hydrogens is 542 g/mol. The first-order valence-electron chi connectivity index (χ1n) is 14.8. The minimum atomic E-state index is -0.168. The molecular formula is C33H31N7O3. The van der Waals surface area contributed by atoms with Gasteiger partial charge in [-0.2, -0.15) is 5.26 Å². The molecule has 1 amide bonds. The lowest BCUT2D eigenvalue weighted by atomic mass is 9.96. The molecule has 10 nitrogen and oxygen atoms in total. The van der Waals surface area contributed by atoms with Crippen LogP contribution in [-0.4, -0.2) is 69.1 Å². The first-order valence-corrected chi connectivity index (χ1v) is 14.8. The van der Waals surface area contributed by atoms with Crippen LogP contribution >= 0.6 is 0 Å². The number of amides is 1. The van der Waals surface area contributed by atoms with Crippen molar-refractivity contribution < 1.29 is 14.3 Å². The van der Waals surface area contributed by atoms with Crippen molar-refractivity contribution in [2.24, 2.45) is 7.05 Å². The van der Waals surface area contributed by atoms with E-state index in [-0.39, 0.29) is 11.5 Å². The molecule has 4 aromatic rings. The van der Waals surface area contributed by atoms with Crippen LogP contribution in [0.15, 0.2) is 54.9 Å². The van der Waals surface area contributed by atoms with Crippen molar-refractivity contribution in [3.8, 4) is 28.6 Å². The predicted octanol–water partition coefficient (Wildman–Crippen LogP) is 4.05. The zero-order chi connectivity index (χ0) is 29.1. The summed E-state index contributed by atoms with van der Waals surface area (Å²) in [7, 11) is 1.89. The molecule has 43 heavy (non-hydrogen) atoms. The van der Waals surface area contributed by atoms with Gasteiger partial charge in [-0.1, -0.05) is 18.2 Å². The van der Waals surface area contributed by atoms with Gasteiger partial charge >= 0.3 is 0 Å². The molecule has 5 heterocycles. The highest BCUT2D eigenvalue weighted by molar-refractivity contribution is 6.10. The molecule has 216 valence electrons. The van der Waals surface area contributed by atoms with Gasteiger partial charge in [-0.05, 0) is 65.4 Å². The van der Waals surface area contributed by atoms with Crippen molar-refractivity contribution in [1.29, 1.82) is 5.26 Å². The Labute approximate surface area is 249 Å². The van der Waals surface area contributed by atoms with Gasteiger partial charge in [0.1, 0.15) is 17.7 Å².